The number of nitrogens with zero attached hydrogens (tertiary/aromatic N) is 7. The molecule has 2 fully saturated rings. The molecule has 1 aromatic carbocycles. The van der Waals surface area contributed by atoms with Gasteiger partial charge in [-0.15, -0.1) is 0 Å². The Balaban J connectivity index is 1.16. The molecule has 4 heterocycles. The van der Waals surface area contributed by atoms with Gasteiger partial charge in [-0.3, -0.25) is 9.69 Å². The molecule has 3 aromatic rings. The molecule has 2 aliphatic heterocycles. The number of amides is 1. The van der Waals surface area contributed by atoms with Crippen LogP contribution in [-0.2, 0) is 11.2 Å². The molecule has 8 nitrogen and oxygen atoms in total. The molecule has 0 aliphatic carbocycles. The quantitative estimate of drug-likeness (QED) is 0.548. The van der Waals surface area contributed by atoms with Crippen LogP contribution in [-0.4, -0.2) is 81.3 Å². The topological polar surface area (TPSA) is 70.4 Å². The summed E-state index contributed by atoms with van der Waals surface area (Å²) >= 11 is 0. The number of benzene rings is 1. The zero-order valence-corrected chi connectivity index (χ0v) is 20.8. The predicted molar refractivity (Wildman–Crippen MR) is 137 cm³/mol. The van der Waals surface area contributed by atoms with E-state index in [4.69, 9.17) is 0 Å². The monoisotopic (exact) mass is 473 g/mol. The van der Waals surface area contributed by atoms with Gasteiger partial charge in [0.15, 0.2) is 5.82 Å². The van der Waals surface area contributed by atoms with Crippen molar-refractivity contribution >= 4 is 11.7 Å². The van der Waals surface area contributed by atoms with E-state index >= 15 is 0 Å². The molecule has 2 saturated heterocycles. The second-order valence-electron chi connectivity index (χ2n) is 9.76. The molecular formula is C27H35N7O. The van der Waals surface area contributed by atoms with Crippen LogP contribution < -0.4 is 4.90 Å². The second-order valence-corrected chi connectivity index (χ2v) is 9.76. The molecule has 2 aromatic heterocycles. The number of piperazine rings is 1. The lowest BCUT2D eigenvalue weighted by atomic mass is 9.96. The van der Waals surface area contributed by atoms with E-state index in [1.807, 2.05) is 30.7 Å². The standard InChI is InChI=1S/C27H35N7O/c1-21-17-22(2)34(30-21)26-18-25(28-20-29-26)33-11-6-9-24(19-33)27(35)32-15-13-31(14-16-32)12-10-23-7-4-3-5-8-23/h3-5,7-8,17-18,20,24H,6,9-16,19H2,1-2H3. The van der Waals surface area contributed by atoms with Crippen molar-refractivity contribution in [1.29, 1.82) is 0 Å². The van der Waals surface area contributed by atoms with Crippen LogP contribution in [0.25, 0.3) is 5.82 Å². The van der Waals surface area contributed by atoms with Crippen LogP contribution in [0.15, 0.2) is 48.8 Å². The first kappa shape index (κ1) is 23.5. The summed E-state index contributed by atoms with van der Waals surface area (Å²) in [7, 11) is 0. The summed E-state index contributed by atoms with van der Waals surface area (Å²) in [5.41, 5.74) is 3.38. The van der Waals surface area contributed by atoms with Gasteiger partial charge in [-0.1, -0.05) is 30.3 Å². The number of hydrogen-bond donors (Lipinski definition) is 0. The summed E-state index contributed by atoms with van der Waals surface area (Å²) < 4.78 is 1.85. The number of rotatable bonds is 6. The summed E-state index contributed by atoms with van der Waals surface area (Å²) in [5.74, 6) is 1.95. The van der Waals surface area contributed by atoms with Gasteiger partial charge in [0, 0.05) is 57.6 Å². The first-order valence-electron chi connectivity index (χ1n) is 12.7. The number of carbonyl (C=O) groups excluding carboxylic acids is 1. The van der Waals surface area contributed by atoms with Gasteiger partial charge in [-0.2, -0.15) is 5.10 Å². The molecule has 35 heavy (non-hydrogen) atoms. The van der Waals surface area contributed by atoms with Crippen LogP contribution >= 0.6 is 0 Å². The molecule has 1 amide bonds. The number of carbonyl (C=O) groups is 1. The Hall–Kier alpha value is -3.26. The van der Waals surface area contributed by atoms with Gasteiger partial charge in [0.05, 0.1) is 11.6 Å². The molecule has 0 spiro atoms. The van der Waals surface area contributed by atoms with Crippen LogP contribution in [0, 0.1) is 19.8 Å². The lowest BCUT2D eigenvalue weighted by Gasteiger charge is -2.39. The zero-order chi connectivity index (χ0) is 24.2. The number of aromatic nitrogens is 4. The summed E-state index contributed by atoms with van der Waals surface area (Å²) in [5, 5.41) is 4.55. The SMILES string of the molecule is Cc1cc(C)n(-c2cc(N3CCCC(C(=O)N4CCN(CCc5ccccc5)CC4)C3)ncn2)n1. The molecule has 8 heteroatoms. The van der Waals surface area contributed by atoms with E-state index in [0.29, 0.717) is 12.5 Å². The van der Waals surface area contributed by atoms with Crippen molar-refractivity contribution in [2.24, 2.45) is 5.92 Å². The average molecular weight is 474 g/mol. The minimum Gasteiger partial charge on any atom is -0.356 e. The fourth-order valence-electron chi connectivity index (χ4n) is 5.26. The fraction of sp³-hybridized carbons (Fsp3) is 0.481. The minimum absolute atomic E-state index is 0.0201. The number of anilines is 1. The van der Waals surface area contributed by atoms with Crippen LogP contribution in [0.1, 0.15) is 29.8 Å². The first-order chi connectivity index (χ1) is 17.1. The van der Waals surface area contributed by atoms with Crippen LogP contribution in [0.2, 0.25) is 0 Å². The fourth-order valence-corrected chi connectivity index (χ4v) is 5.26. The number of aryl methyl sites for hydroxylation is 2. The maximum atomic E-state index is 13.4. The first-order valence-corrected chi connectivity index (χ1v) is 12.7. The highest BCUT2D eigenvalue weighted by Crippen LogP contribution is 2.25. The minimum atomic E-state index is 0.0201. The number of hydrogen-bond acceptors (Lipinski definition) is 6. The molecule has 1 atom stereocenters. The highest BCUT2D eigenvalue weighted by Gasteiger charge is 2.31. The third kappa shape index (κ3) is 5.53. The van der Waals surface area contributed by atoms with Gasteiger partial charge in [0.1, 0.15) is 12.1 Å². The molecule has 2 aliphatic rings. The summed E-state index contributed by atoms with van der Waals surface area (Å²) in [4.78, 5) is 29.1. The largest absolute Gasteiger partial charge is 0.356 e. The van der Waals surface area contributed by atoms with Crippen molar-refractivity contribution in [3.8, 4) is 5.82 Å². The molecule has 0 saturated carbocycles. The smallest absolute Gasteiger partial charge is 0.227 e. The van der Waals surface area contributed by atoms with Crippen molar-refractivity contribution in [3.05, 3.63) is 65.7 Å². The molecule has 0 bridgehead atoms. The molecule has 5 rings (SSSR count). The lowest BCUT2D eigenvalue weighted by molar-refractivity contribution is -0.137. The van der Waals surface area contributed by atoms with Crippen LogP contribution in [0.3, 0.4) is 0 Å². The van der Waals surface area contributed by atoms with Gasteiger partial charge in [-0.25, -0.2) is 14.6 Å². The molecule has 0 radical (unpaired) electrons. The van der Waals surface area contributed by atoms with Gasteiger partial charge < -0.3 is 9.80 Å². The maximum Gasteiger partial charge on any atom is 0.227 e. The van der Waals surface area contributed by atoms with Crippen molar-refractivity contribution in [2.45, 2.75) is 33.1 Å². The third-order valence-corrected chi connectivity index (χ3v) is 7.20. The van der Waals surface area contributed by atoms with E-state index in [9.17, 15) is 4.79 Å². The molecular weight excluding hydrogens is 438 g/mol. The lowest BCUT2D eigenvalue weighted by Crippen LogP contribution is -2.52. The summed E-state index contributed by atoms with van der Waals surface area (Å²) in [6.07, 6.45) is 4.60. The van der Waals surface area contributed by atoms with E-state index < -0.39 is 0 Å². The highest BCUT2D eigenvalue weighted by atomic mass is 16.2. The third-order valence-electron chi connectivity index (χ3n) is 7.20. The Morgan fingerprint density at radius 3 is 2.49 bits per heavy atom. The Morgan fingerprint density at radius 2 is 1.74 bits per heavy atom. The molecule has 184 valence electrons. The summed E-state index contributed by atoms with van der Waals surface area (Å²) in [6, 6.07) is 14.7. The van der Waals surface area contributed by atoms with Crippen molar-refractivity contribution in [1.82, 2.24) is 29.5 Å². The molecule has 1 unspecified atom stereocenters. The van der Waals surface area contributed by atoms with Crippen molar-refractivity contribution in [3.63, 3.8) is 0 Å². The van der Waals surface area contributed by atoms with Gasteiger partial charge in [0.25, 0.3) is 0 Å². The number of piperidine rings is 1. The average Bonchev–Trinajstić information content (AvgIpc) is 3.26. The Labute approximate surface area is 207 Å². The van der Waals surface area contributed by atoms with Crippen LogP contribution in [0.4, 0.5) is 5.82 Å². The van der Waals surface area contributed by atoms with Crippen molar-refractivity contribution < 1.29 is 4.79 Å². The molecule has 0 N–H and O–H groups in total. The van der Waals surface area contributed by atoms with Gasteiger partial charge >= 0.3 is 0 Å². The van der Waals surface area contributed by atoms with E-state index in [2.05, 4.69) is 60.1 Å². The summed E-state index contributed by atoms with van der Waals surface area (Å²) in [6.45, 7) is 10.2. The Kier molecular flexibility index (Phi) is 7.08. The van der Waals surface area contributed by atoms with Crippen molar-refractivity contribution in [2.75, 3.05) is 50.7 Å². The predicted octanol–water partition coefficient (Wildman–Crippen LogP) is 2.88. The van der Waals surface area contributed by atoms with E-state index in [1.165, 1.54) is 5.56 Å². The Bertz CT molecular complexity index is 1140. The maximum absolute atomic E-state index is 13.4. The van der Waals surface area contributed by atoms with E-state index in [0.717, 1.165) is 81.6 Å². The Morgan fingerprint density at radius 1 is 0.971 bits per heavy atom. The highest BCUT2D eigenvalue weighted by molar-refractivity contribution is 5.80. The van der Waals surface area contributed by atoms with Crippen LogP contribution in [0.5, 0.6) is 0 Å². The van der Waals surface area contributed by atoms with E-state index in [1.54, 1.807) is 6.33 Å². The van der Waals surface area contributed by atoms with Gasteiger partial charge in [0.2, 0.25) is 5.91 Å². The zero-order valence-electron chi connectivity index (χ0n) is 20.8. The van der Waals surface area contributed by atoms with E-state index in [-0.39, 0.29) is 5.92 Å². The normalized spacial score (nSPS) is 19.2. The second kappa shape index (κ2) is 10.6. The van der Waals surface area contributed by atoms with Gasteiger partial charge in [-0.05, 0) is 44.7 Å².